The highest BCUT2D eigenvalue weighted by Crippen LogP contribution is 2.37. The Morgan fingerprint density at radius 2 is 1.50 bits per heavy atom. The molecule has 1 aliphatic rings. The maximum atomic E-state index is 12.7. The van der Waals surface area contributed by atoms with Crippen molar-refractivity contribution in [3.63, 3.8) is 0 Å². The van der Waals surface area contributed by atoms with E-state index in [1.165, 1.54) is 12.1 Å². The Morgan fingerprint density at radius 1 is 0.976 bits per heavy atom. The molecular weight excluding hydrogens is 586 g/mol. The fourth-order valence-electron chi connectivity index (χ4n) is 3.69. The number of carbonyl (C=O) groups excluding carboxylic acids is 4. The van der Waals surface area contributed by atoms with E-state index in [2.05, 4.69) is 37.0 Å². The van der Waals surface area contributed by atoms with Crippen LogP contribution in [-0.4, -0.2) is 41.8 Å². The first kappa shape index (κ1) is 40.5. The maximum absolute atomic E-state index is 12.7. The molecule has 1 heterocycles. The molecule has 1 aromatic carbocycles. The predicted molar refractivity (Wildman–Crippen MR) is 150 cm³/mol. The standard InChI is InChI=1S/C17H21F3N2O2.C8H7F3S.C2H2.2CH2O/c1-10(23)14-12(4-5-13(22-14)17(18,19)20)15(24)21-11-6-8-16(2,3)9-7-11;1-6-3-2-4-7(5-6)12-8(9,10)11;3*1-2/h4-5,11H,6-9H2,1-3H3,(H,21,24);2-5H,1H3;1-2H;2*1H2. The van der Waals surface area contributed by atoms with E-state index in [9.17, 15) is 35.9 Å². The topological polar surface area (TPSA) is 93.2 Å². The summed E-state index contributed by atoms with van der Waals surface area (Å²) in [5.74, 6) is -1.22. The first-order valence-corrected chi connectivity index (χ1v) is 12.9. The molecule has 0 saturated heterocycles. The molecule has 1 fully saturated rings. The largest absolute Gasteiger partial charge is 0.446 e. The second-order valence-corrected chi connectivity index (χ2v) is 10.6. The molecule has 0 radical (unpaired) electrons. The lowest BCUT2D eigenvalue weighted by Crippen LogP contribution is -2.39. The first-order valence-electron chi connectivity index (χ1n) is 12.1. The van der Waals surface area contributed by atoms with Gasteiger partial charge >= 0.3 is 11.7 Å². The number of nitrogens with zero attached hydrogens (tertiary/aromatic N) is 1. The average Bonchev–Trinajstić information content (AvgIpc) is 2.92. The van der Waals surface area contributed by atoms with E-state index < -0.39 is 34.8 Å². The minimum absolute atomic E-state index is 0.0346. The van der Waals surface area contributed by atoms with Crippen LogP contribution in [0.3, 0.4) is 0 Å². The highest BCUT2D eigenvalue weighted by molar-refractivity contribution is 8.00. The van der Waals surface area contributed by atoms with Crippen LogP contribution in [0.5, 0.6) is 0 Å². The maximum Gasteiger partial charge on any atom is 0.446 e. The fraction of sp³-hybridized carbons (Fsp3) is 0.414. The number of nitrogens with one attached hydrogen (secondary N) is 1. The summed E-state index contributed by atoms with van der Waals surface area (Å²) in [6.07, 6.45) is 6.88. The minimum Gasteiger partial charge on any atom is -0.349 e. The molecule has 0 atom stereocenters. The third kappa shape index (κ3) is 15.4. The number of ketones is 1. The van der Waals surface area contributed by atoms with Gasteiger partial charge in [0, 0.05) is 17.9 Å². The van der Waals surface area contributed by atoms with Crippen molar-refractivity contribution in [2.75, 3.05) is 0 Å². The normalized spacial score (nSPS) is 14.0. The molecule has 0 aliphatic heterocycles. The summed E-state index contributed by atoms with van der Waals surface area (Å²) < 4.78 is 73.7. The molecule has 0 spiro atoms. The van der Waals surface area contributed by atoms with E-state index in [1.807, 2.05) is 13.6 Å². The third-order valence-electron chi connectivity index (χ3n) is 5.66. The van der Waals surface area contributed by atoms with E-state index in [1.54, 1.807) is 19.1 Å². The van der Waals surface area contributed by atoms with Gasteiger partial charge < -0.3 is 14.9 Å². The fourth-order valence-corrected chi connectivity index (χ4v) is 4.35. The number of thioether (sulfide) groups is 1. The minimum atomic E-state index is -4.66. The Bertz CT molecular complexity index is 1150. The van der Waals surface area contributed by atoms with Gasteiger partial charge in [-0.3, -0.25) is 9.59 Å². The van der Waals surface area contributed by atoms with Crippen LogP contribution in [-0.2, 0) is 15.8 Å². The van der Waals surface area contributed by atoms with Gasteiger partial charge in [-0.05, 0) is 74.0 Å². The van der Waals surface area contributed by atoms with Gasteiger partial charge in [-0.25, -0.2) is 4.98 Å². The zero-order valence-electron chi connectivity index (χ0n) is 23.7. The second-order valence-electron chi connectivity index (χ2n) is 9.42. The summed E-state index contributed by atoms with van der Waals surface area (Å²) in [5.41, 5.74) is -4.85. The summed E-state index contributed by atoms with van der Waals surface area (Å²) in [5, 5.41) is 2.81. The van der Waals surface area contributed by atoms with E-state index >= 15 is 0 Å². The van der Waals surface area contributed by atoms with Crippen LogP contribution in [0.25, 0.3) is 0 Å². The van der Waals surface area contributed by atoms with Crippen molar-refractivity contribution in [3.05, 3.63) is 58.9 Å². The molecule has 1 aromatic heterocycles. The van der Waals surface area contributed by atoms with Gasteiger partial charge in [0.2, 0.25) is 0 Å². The van der Waals surface area contributed by atoms with Crippen LogP contribution in [0, 0.1) is 25.2 Å². The van der Waals surface area contributed by atoms with Crippen molar-refractivity contribution in [1.29, 1.82) is 0 Å². The second kappa shape index (κ2) is 18.7. The van der Waals surface area contributed by atoms with Gasteiger partial charge in [-0.1, -0.05) is 31.5 Å². The number of benzene rings is 1. The zero-order chi connectivity index (χ0) is 33.3. The van der Waals surface area contributed by atoms with Crippen molar-refractivity contribution >= 4 is 37.0 Å². The number of halogens is 6. The lowest BCUT2D eigenvalue weighted by molar-refractivity contribution is -0.141. The van der Waals surface area contributed by atoms with Crippen molar-refractivity contribution in [1.82, 2.24) is 10.3 Å². The van der Waals surface area contributed by atoms with Crippen molar-refractivity contribution < 1.29 is 45.5 Å². The summed E-state index contributed by atoms with van der Waals surface area (Å²) in [6, 6.07) is 8.06. The number of amides is 1. The van der Waals surface area contributed by atoms with Crippen LogP contribution in [0.2, 0.25) is 0 Å². The quantitative estimate of drug-likeness (QED) is 0.165. The number of aromatic nitrogens is 1. The number of pyridine rings is 1. The molecule has 1 N–H and O–H groups in total. The molecule has 2 aromatic rings. The number of alkyl halides is 6. The number of Topliss-reactive ketones (excluding diaryl/α,β-unsaturated/α-hetero) is 1. The lowest BCUT2D eigenvalue weighted by Gasteiger charge is -2.34. The monoisotopic (exact) mass is 620 g/mol. The summed E-state index contributed by atoms with van der Waals surface area (Å²) in [7, 11) is 0. The Morgan fingerprint density at radius 3 is 1.93 bits per heavy atom. The number of aryl methyl sites for hydroxylation is 1. The molecule has 42 heavy (non-hydrogen) atoms. The van der Waals surface area contributed by atoms with Crippen LogP contribution in [0.15, 0.2) is 41.3 Å². The van der Waals surface area contributed by atoms with Crippen LogP contribution in [0.4, 0.5) is 26.3 Å². The predicted octanol–water partition coefficient (Wildman–Crippen LogP) is 7.49. The molecule has 3 rings (SSSR count). The Balaban J connectivity index is 0. The van der Waals surface area contributed by atoms with Gasteiger partial charge in [0.05, 0.1) is 5.56 Å². The van der Waals surface area contributed by atoms with Crippen LogP contribution >= 0.6 is 11.8 Å². The lowest BCUT2D eigenvalue weighted by atomic mass is 9.75. The molecule has 13 heteroatoms. The zero-order valence-corrected chi connectivity index (χ0v) is 24.5. The molecule has 0 bridgehead atoms. The van der Waals surface area contributed by atoms with Gasteiger partial charge in [0.1, 0.15) is 25.0 Å². The summed E-state index contributed by atoms with van der Waals surface area (Å²) >= 11 is -0.0851. The molecule has 1 aliphatic carbocycles. The average molecular weight is 621 g/mol. The van der Waals surface area contributed by atoms with Crippen molar-refractivity contribution in [3.8, 4) is 12.8 Å². The van der Waals surface area contributed by atoms with Gasteiger partial charge in [0.25, 0.3) is 5.91 Å². The van der Waals surface area contributed by atoms with E-state index in [-0.39, 0.29) is 33.7 Å². The van der Waals surface area contributed by atoms with E-state index in [0.29, 0.717) is 0 Å². The molecule has 0 unspecified atom stereocenters. The number of hydrogen-bond donors (Lipinski definition) is 1. The van der Waals surface area contributed by atoms with E-state index in [0.717, 1.165) is 50.3 Å². The van der Waals surface area contributed by atoms with Crippen LogP contribution in [0.1, 0.15) is 78.6 Å². The smallest absolute Gasteiger partial charge is 0.349 e. The van der Waals surface area contributed by atoms with Gasteiger partial charge in [-0.2, -0.15) is 26.3 Å². The highest BCUT2D eigenvalue weighted by atomic mass is 32.2. The Kier molecular flexibility index (Phi) is 18.0. The number of carbonyl (C=O) groups is 4. The van der Waals surface area contributed by atoms with Gasteiger partial charge in [0.15, 0.2) is 5.78 Å². The molecule has 1 amide bonds. The van der Waals surface area contributed by atoms with Crippen molar-refractivity contribution in [2.24, 2.45) is 5.41 Å². The Labute approximate surface area is 246 Å². The molecule has 6 nitrogen and oxygen atoms in total. The number of terminal acetylenes is 1. The summed E-state index contributed by atoms with van der Waals surface area (Å²) in [6.45, 7) is 11.2. The van der Waals surface area contributed by atoms with Crippen LogP contribution < -0.4 is 5.32 Å². The first-order chi connectivity index (χ1) is 19.5. The van der Waals surface area contributed by atoms with Crippen molar-refractivity contribution in [2.45, 2.75) is 76.0 Å². The Hall–Kier alpha value is -3.66. The number of rotatable bonds is 4. The molecule has 232 valence electrons. The SMILES string of the molecule is C#C.C=O.C=O.CC(=O)c1nc(C(F)(F)F)ccc1C(=O)NC1CCC(C)(C)CC1.Cc1cccc(SC(F)(F)F)c1. The van der Waals surface area contributed by atoms with Gasteiger partial charge in [-0.15, -0.1) is 12.8 Å². The highest BCUT2D eigenvalue weighted by Gasteiger charge is 2.34. The van der Waals surface area contributed by atoms with E-state index in [4.69, 9.17) is 9.59 Å². The molecule has 1 saturated carbocycles. The number of hydrogen-bond acceptors (Lipinski definition) is 6. The molecular formula is C29H34F6N2O4S. The third-order valence-corrected chi connectivity index (χ3v) is 6.38. The summed E-state index contributed by atoms with van der Waals surface area (Å²) in [4.78, 5) is 43.6.